The normalized spacial score (nSPS) is 10.8. The van der Waals surface area contributed by atoms with Crippen LogP contribution in [0.2, 0.25) is 0 Å². The Morgan fingerprint density at radius 2 is 1.94 bits per heavy atom. The molecule has 96 valence electrons. The molecule has 3 heteroatoms. The van der Waals surface area contributed by atoms with Crippen LogP contribution in [0.1, 0.15) is 33.6 Å². The monoisotopic (exact) mass is 244 g/mol. The lowest BCUT2D eigenvalue weighted by Gasteiger charge is -2.31. The van der Waals surface area contributed by atoms with Crippen LogP contribution in [0.15, 0.2) is 30.3 Å². The van der Waals surface area contributed by atoms with E-state index in [1.54, 1.807) is 4.90 Å². The number of para-hydroxylation sites is 1. The van der Waals surface area contributed by atoms with Crippen molar-refractivity contribution in [3.05, 3.63) is 30.3 Å². The summed E-state index contributed by atoms with van der Waals surface area (Å²) in [5.74, 6) is 0.0754. The lowest BCUT2D eigenvalue weighted by molar-refractivity contribution is -0.126. The Balaban J connectivity index is 3.00. The van der Waals surface area contributed by atoms with Gasteiger partial charge in [0.1, 0.15) is 0 Å². The summed E-state index contributed by atoms with van der Waals surface area (Å²) < 4.78 is 0. The topological polar surface area (TPSA) is 44.1 Å². The van der Waals surface area contributed by atoms with E-state index in [0.29, 0.717) is 13.0 Å². The van der Waals surface area contributed by atoms with Crippen molar-refractivity contribution in [2.24, 2.45) is 5.41 Å². The number of nitriles is 1. The lowest BCUT2D eigenvalue weighted by atomic mass is 9.88. The molecule has 0 aliphatic rings. The maximum Gasteiger partial charge on any atom is 0.232 e. The molecule has 0 atom stereocenters. The van der Waals surface area contributed by atoms with Crippen LogP contribution >= 0.6 is 0 Å². The standard InChI is InChI=1S/C15H20N2O/c1-4-15(2,3)14(18)17(12-8-11-16)13-9-6-5-7-10-13/h5-7,9-10H,4,8,12H2,1-3H3. The third-order valence-electron chi connectivity index (χ3n) is 3.22. The van der Waals surface area contributed by atoms with Crippen molar-refractivity contribution in [1.82, 2.24) is 0 Å². The van der Waals surface area contributed by atoms with E-state index in [2.05, 4.69) is 6.07 Å². The zero-order valence-corrected chi connectivity index (χ0v) is 11.3. The highest BCUT2D eigenvalue weighted by Gasteiger charge is 2.30. The number of rotatable bonds is 5. The molecule has 0 aliphatic heterocycles. The Hall–Kier alpha value is -1.82. The second kappa shape index (κ2) is 6.20. The number of benzene rings is 1. The first-order valence-electron chi connectivity index (χ1n) is 6.27. The molecule has 1 amide bonds. The van der Waals surface area contributed by atoms with E-state index in [4.69, 9.17) is 5.26 Å². The first-order chi connectivity index (χ1) is 8.53. The summed E-state index contributed by atoms with van der Waals surface area (Å²) in [6.07, 6.45) is 1.13. The zero-order chi connectivity index (χ0) is 13.6. The summed E-state index contributed by atoms with van der Waals surface area (Å²) in [5, 5.41) is 8.72. The summed E-state index contributed by atoms with van der Waals surface area (Å²) >= 11 is 0. The summed E-state index contributed by atoms with van der Waals surface area (Å²) in [6.45, 7) is 6.34. The van der Waals surface area contributed by atoms with Gasteiger partial charge in [0, 0.05) is 17.6 Å². The predicted octanol–water partition coefficient (Wildman–Crippen LogP) is 3.37. The summed E-state index contributed by atoms with van der Waals surface area (Å²) in [4.78, 5) is 14.2. The number of nitrogens with zero attached hydrogens (tertiary/aromatic N) is 2. The first-order valence-corrected chi connectivity index (χ1v) is 6.27. The van der Waals surface area contributed by atoms with Gasteiger partial charge in [-0.2, -0.15) is 5.26 Å². The fraction of sp³-hybridized carbons (Fsp3) is 0.467. The maximum atomic E-state index is 12.5. The van der Waals surface area contributed by atoms with Crippen molar-refractivity contribution in [3.8, 4) is 6.07 Å². The van der Waals surface area contributed by atoms with Gasteiger partial charge in [-0.15, -0.1) is 0 Å². The third-order valence-corrected chi connectivity index (χ3v) is 3.22. The second-order valence-corrected chi connectivity index (χ2v) is 4.94. The quantitative estimate of drug-likeness (QED) is 0.797. The molecule has 0 bridgehead atoms. The van der Waals surface area contributed by atoms with Gasteiger partial charge >= 0.3 is 0 Å². The average molecular weight is 244 g/mol. The molecule has 0 radical (unpaired) electrons. The number of carbonyl (C=O) groups excluding carboxylic acids is 1. The van der Waals surface area contributed by atoms with Crippen LogP contribution in [0.3, 0.4) is 0 Å². The number of anilines is 1. The molecule has 3 nitrogen and oxygen atoms in total. The van der Waals surface area contributed by atoms with Crippen molar-refractivity contribution < 1.29 is 4.79 Å². The smallest absolute Gasteiger partial charge is 0.232 e. The highest BCUT2D eigenvalue weighted by molar-refractivity contribution is 5.97. The van der Waals surface area contributed by atoms with E-state index in [9.17, 15) is 4.79 Å². The Morgan fingerprint density at radius 1 is 1.33 bits per heavy atom. The van der Waals surface area contributed by atoms with Gasteiger partial charge in [0.15, 0.2) is 0 Å². The first kappa shape index (κ1) is 14.2. The molecule has 0 aromatic heterocycles. The number of carbonyl (C=O) groups is 1. The van der Waals surface area contributed by atoms with E-state index in [1.165, 1.54) is 0 Å². The molecule has 0 heterocycles. The lowest BCUT2D eigenvalue weighted by Crippen LogP contribution is -2.41. The molecular formula is C15H20N2O. The fourth-order valence-electron chi connectivity index (χ4n) is 1.63. The summed E-state index contributed by atoms with van der Waals surface area (Å²) in [7, 11) is 0. The molecule has 0 aliphatic carbocycles. The Bertz CT molecular complexity index is 432. The minimum absolute atomic E-state index is 0.0754. The highest BCUT2D eigenvalue weighted by Crippen LogP contribution is 2.26. The predicted molar refractivity (Wildman–Crippen MR) is 73.1 cm³/mol. The Kier molecular flexibility index (Phi) is 4.91. The van der Waals surface area contributed by atoms with Gasteiger partial charge in [-0.25, -0.2) is 0 Å². The van der Waals surface area contributed by atoms with Gasteiger partial charge in [-0.1, -0.05) is 39.0 Å². The van der Waals surface area contributed by atoms with Crippen LogP contribution in [-0.2, 0) is 4.79 Å². The van der Waals surface area contributed by atoms with Gasteiger partial charge in [-0.05, 0) is 18.6 Å². The van der Waals surface area contributed by atoms with E-state index in [1.807, 2.05) is 51.1 Å². The van der Waals surface area contributed by atoms with Gasteiger partial charge in [0.2, 0.25) is 5.91 Å². The minimum atomic E-state index is -0.398. The average Bonchev–Trinajstić information content (AvgIpc) is 2.40. The van der Waals surface area contributed by atoms with Crippen molar-refractivity contribution in [2.75, 3.05) is 11.4 Å². The van der Waals surface area contributed by atoms with E-state index in [0.717, 1.165) is 12.1 Å². The van der Waals surface area contributed by atoms with Gasteiger partial charge in [0.25, 0.3) is 0 Å². The molecule has 0 spiro atoms. The van der Waals surface area contributed by atoms with Crippen LogP contribution in [0.5, 0.6) is 0 Å². The van der Waals surface area contributed by atoms with Crippen molar-refractivity contribution >= 4 is 11.6 Å². The molecule has 18 heavy (non-hydrogen) atoms. The van der Waals surface area contributed by atoms with Crippen LogP contribution in [-0.4, -0.2) is 12.5 Å². The number of hydrogen-bond acceptors (Lipinski definition) is 2. The third kappa shape index (κ3) is 3.33. The minimum Gasteiger partial charge on any atom is -0.311 e. The molecule has 1 aromatic carbocycles. The molecule has 1 rings (SSSR count). The van der Waals surface area contributed by atoms with E-state index < -0.39 is 5.41 Å². The SMILES string of the molecule is CCC(C)(C)C(=O)N(CCC#N)c1ccccc1. The fourth-order valence-corrected chi connectivity index (χ4v) is 1.63. The van der Waals surface area contributed by atoms with Crippen LogP contribution in [0.4, 0.5) is 5.69 Å². The van der Waals surface area contributed by atoms with Crippen LogP contribution < -0.4 is 4.90 Å². The van der Waals surface area contributed by atoms with E-state index in [-0.39, 0.29) is 5.91 Å². The molecule has 1 aromatic rings. The van der Waals surface area contributed by atoms with Gasteiger partial charge < -0.3 is 4.90 Å². The van der Waals surface area contributed by atoms with Crippen molar-refractivity contribution in [3.63, 3.8) is 0 Å². The van der Waals surface area contributed by atoms with Crippen molar-refractivity contribution in [1.29, 1.82) is 5.26 Å². The zero-order valence-electron chi connectivity index (χ0n) is 11.3. The number of amides is 1. The molecule has 0 fully saturated rings. The van der Waals surface area contributed by atoms with Gasteiger partial charge in [-0.3, -0.25) is 4.79 Å². The van der Waals surface area contributed by atoms with Crippen LogP contribution in [0, 0.1) is 16.7 Å². The molecule has 0 saturated heterocycles. The number of hydrogen-bond donors (Lipinski definition) is 0. The highest BCUT2D eigenvalue weighted by atomic mass is 16.2. The summed E-state index contributed by atoms with van der Waals surface area (Å²) in [6, 6.07) is 11.6. The van der Waals surface area contributed by atoms with Gasteiger partial charge in [0.05, 0.1) is 12.5 Å². The largest absolute Gasteiger partial charge is 0.311 e. The van der Waals surface area contributed by atoms with E-state index >= 15 is 0 Å². The second-order valence-electron chi connectivity index (χ2n) is 4.94. The molecule has 0 saturated carbocycles. The Labute approximate surface area is 109 Å². The maximum absolute atomic E-state index is 12.5. The molecular weight excluding hydrogens is 224 g/mol. The van der Waals surface area contributed by atoms with Crippen molar-refractivity contribution in [2.45, 2.75) is 33.6 Å². The van der Waals surface area contributed by atoms with Crippen LogP contribution in [0.25, 0.3) is 0 Å². The summed E-state index contributed by atoms with van der Waals surface area (Å²) in [5.41, 5.74) is 0.463. The Morgan fingerprint density at radius 3 is 2.44 bits per heavy atom. The molecule has 0 unspecified atom stereocenters. The molecule has 0 N–H and O–H groups in total.